The Bertz CT molecular complexity index is 732. The molecule has 0 spiro atoms. The normalized spacial score (nSPS) is 9.96. The van der Waals surface area contributed by atoms with E-state index in [-0.39, 0.29) is 18.3 Å². The topological polar surface area (TPSA) is 79.5 Å². The van der Waals surface area contributed by atoms with Crippen molar-refractivity contribution >= 4 is 23.3 Å². The van der Waals surface area contributed by atoms with Crippen LogP contribution in [0.1, 0.15) is 12.5 Å². The Morgan fingerprint density at radius 1 is 1.08 bits per heavy atom. The van der Waals surface area contributed by atoms with E-state index in [1.807, 2.05) is 0 Å². The van der Waals surface area contributed by atoms with E-state index >= 15 is 0 Å². The van der Waals surface area contributed by atoms with Gasteiger partial charge in [-0.15, -0.1) is 0 Å². The van der Waals surface area contributed by atoms with Gasteiger partial charge in [0.15, 0.2) is 0 Å². The number of carbonyl (C=O) groups is 2. The van der Waals surface area contributed by atoms with E-state index in [1.54, 1.807) is 30.3 Å². The fourth-order valence-corrected chi connectivity index (χ4v) is 2.04. The van der Waals surface area contributed by atoms with Crippen LogP contribution in [0.25, 0.3) is 0 Å². The molecule has 24 heavy (non-hydrogen) atoms. The molecule has 0 bridgehead atoms. The van der Waals surface area contributed by atoms with Crippen molar-refractivity contribution in [3.63, 3.8) is 0 Å². The van der Waals surface area contributed by atoms with Crippen LogP contribution >= 0.6 is 0 Å². The van der Waals surface area contributed by atoms with Crippen molar-refractivity contribution in [1.29, 1.82) is 0 Å². The maximum atomic E-state index is 12.8. The van der Waals surface area contributed by atoms with Crippen LogP contribution < -0.4 is 20.7 Å². The molecule has 0 fully saturated rings. The zero-order valence-corrected chi connectivity index (χ0v) is 13.4. The lowest BCUT2D eigenvalue weighted by molar-refractivity contribution is -0.114. The van der Waals surface area contributed by atoms with Gasteiger partial charge in [-0.2, -0.15) is 0 Å². The quantitative estimate of drug-likeness (QED) is 0.787. The molecule has 0 heterocycles. The van der Waals surface area contributed by atoms with Crippen molar-refractivity contribution in [2.75, 3.05) is 17.7 Å². The first-order valence-electron chi connectivity index (χ1n) is 7.23. The van der Waals surface area contributed by atoms with Gasteiger partial charge in [0.1, 0.15) is 11.6 Å². The molecule has 0 aliphatic carbocycles. The van der Waals surface area contributed by atoms with E-state index in [4.69, 9.17) is 4.74 Å². The number of halogens is 1. The van der Waals surface area contributed by atoms with Crippen LogP contribution in [0.4, 0.5) is 20.6 Å². The van der Waals surface area contributed by atoms with Crippen molar-refractivity contribution in [1.82, 2.24) is 5.32 Å². The number of rotatable bonds is 5. The summed E-state index contributed by atoms with van der Waals surface area (Å²) >= 11 is 0. The Balaban J connectivity index is 2.01. The molecule has 2 aromatic rings. The molecular formula is C17H18FN3O3. The van der Waals surface area contributed by atoms with Crippen molar-refractivity contribution in [3.05, 3.63) is 53.8 Å². The van der Waals surface area contributed by atoms with Crippen LogP contribution in [0.3, 0.4) is 0 Å². The standard InChI is InChI=1S/C17H18FN3O3/c1-11(22)20-14-7-8-16(24-2)15(9-14)21-17(23)19-10-12-3-5-13(18)6-4-12/h3-9H,10H2,1-2H3,(H,20,22)(H2,19,21,23). The summed E-state index contributed by atoms with van der Waals surface area (Å²) in [6.45, 7) is 1.65. The lowest BCUT2D eigenvalue weighted by Crippen LogP contribution is -2.28. The van der Waals surface area contributed by atoms with Crippen molar-refractivity contribution in [2.24, 2.45) is 0 Å². The highest BCUT2D eigenvalue weighted by Gasteiger charge is 2.09. The first kappa shape index (κ1) is 17.3. The van der Waals surface area contributed by atoms with Crippen LogP contribution in [0, 0.1) is 5.82 Å². The molecule has 0 saturated heterocycles. The van der Waals surface area contributed by atoms with E-state index in [2.05, 4.69) is 16.0 Å². The second-order valence-corrected chi connectivity index (χ2v) is 5.03. The largest absolute Gasteiger partial charge is 0.495 e. The average Bonchev–Trinajstić information content (AvgIpc) is 2.54. The number of benzene rings is 2. The van der Waals surface area contributed by atoms with Gasteiger partial charge in [0, 0.05) is 19.2 Å². The fourth-order valence-electron chi connectivity index (χ4n) is 2.04. The molecule has 0 saturated carbocycles. The zero-order valence-electron chi connectivity index (χ0n) is 13.4. The summed E-state index contributed by atoms with van der Waals surface area (Å²) in [6, 6.07) is 10.3. The number of methoxy groups -OCH3 is 1. The van der Waals surface area contributed by atoms with E-state index in [0.717, 1.165) is 5.56 Å². The van der Waals surface area contributed by atoms with Gasteiger partial charge in [-0.1, -0.05) is 12.1 Å². The molecule has 3 amide bonds. The summed E-state index contributed by atoms with van der Waals surface area (Å²) in [4.78, 5) is 23.1. The molecule has 6 nitrogen and oxygen atoms in total. The number of ether oxygens (including phenoxy) is 1. The molecule has 0 aliphatic rings. The minimum absolute atomic E-state index is 0.216. The van der Waals surface area contributed by atoms with Crippen molar-refractivity contribution < 1.29 is 18.7 Å². The highest BCUT2D eigenvalue weighted by molar-refractivity contribution is 5.94. The first-order valence-corrected chi connectivity index (χ1v) is 7.23. The monoisotopic (exact) mass is 331 g/mol. The van der Waals surface area contributed by atoms with E-state index in [0.29, 0.717) is 17.1 Å². The van der Waals surface area contributed by atoms with E-state index in [1.165, 1.54) is 26.2 Å². The third-order valence-corrected chi connectivity index (χ3v) is 3.13. The van der Waals surface area contributed by atoms with Gasteiger partial charge in [0.2, 0.25) is 5.91 Å². The average molecular weight is 331 g/mol. The summed E-state index contributed by atoms with van der Waals surface area (Å²) in [5, 5.41) is 7.95. The first-order chi connectivity index (χ1) is 11.5. The second kappa shape index (κ2) is 7.96. The van der Waals surface area contributed by atoms with E-state index in [9.17, 15) is 14.0 Å². The number of urea groups is 1. The lowest BCUT2D eigenvalue weighted by Gasteiger charge is -2.13. The SMILES string of the molecule is COc1ccc(NC(C)=O)cc1NC(=O)NCc1ccc(F)cc1. The Morgan fingerprint density at radius 3 is 2.42 bits per heavy atom. The predicted molar refractivity (Wildman–Crippen MR) is 89.6 cm³/mol. The van der Waals surface area contributed by atoms with Gasteiger partial charge in [0.05, 0.1) is 12.8 Å². The molecule has 0 atom stereocenters. The fraction of sp³-hybridized carbons (Fsp3) is 0.176. The molecule has 0 aliphatic heterocycles. The Hall–Kier alpha value is -3.09. The van der Waals surface area contributed by atoms with Gasteiger partial charge in [-0.3, -0.25) is 4.79 Å². The predicted octanol–water partition coefficient (Wildman–Crippen LogP) is 3.11. The number of amides is 3. The van der Waals surface area contributed by atoms with Gasteiger partial charge >= 0.3 is 6.03 Å². The number of hydrogen-bond acceptors (Lipinski definition) is 3. The number of nitrogens with one attached hydrogen (secondary N) is 3. The Morgan fingerprint density at radius 2 is 1.79 bits per heavy atom. The number of anilines is 2. The van der Waals surface area contributed by atoms with Crippen molar-refractivity contribution in [3.8, 4) is 5.75 Å². The summed E-state index contributed by atoms with van der Waals surface area (Å²) in [5.41, 5.74) is 1.73. The van der Waals surface area contributed by atoms with Crippen molar-refractivity contribution in [2.45, 2.75) is 13.5 Å². The summed E-state index contributed by atoms with van der Waals surface area (Å²) in [5.74, 6) is -0.0874. The van der Waals surface area contributed by atoms with Crippen LogP contribution in [0.5, 0.6) is 5.75 Å². The molecule has 3 N–H and O–H groups in total. The summed E-state index contributed by atoms with van der Waals surface area (Å²) < 4.78 is 18.0. The van der Waals surface area contributed by atoms with Crippen LogP contribution in [-0.4, -0.2) is 19.0 Å². The lowest BCUT2D eigenvalue weighted by atomic mass is 10.2. The molecule has 0 unspecified atom stereocenters. The van der Waals surface area contributed by atoms with Crippen LogP contribution in [0.2, 0.25) is 0 Å². The maximum Gasteiger partial charge on any atom is 0.319 e. The molecule has 126 valence electrons. The van der Waals surface area contributed by atoms with Gasteiger partial charge in [-0.05, 0) is 35.9 Å². The summed E-state index contributed by atoms with van der Waals surface area (Å²) in [7, 11) is 1.48. The van der Waals surface area contributed by atoms with Gasteiger partial charge < -0.3 is 20.7 Å². The third-order valence-electron chi connectivity index (χ3n) is 3.13. The highest BCUT2D eigenvalue weighted by atomic mass is 19.1. The molecular weight excluding hydrogens is 313 g/mol. The smallest absolute Gasteiger partial charge is 0.319 e. The van der Waals surface area contributed by atoms with Crippen LogP contribution in [0.15, 0.2) is 42.5 Å². The molecule has 7 heteroatoms. The third kappa shape index (κ3) is 4.98. The highest BCUT2D eigenvalue weighted by Crippen LogP contribution is 2.27. The zero-order chi connectivity index (χ0) is 17.5. The molecule has 0 aromatic heterocycles. The Kier molecular flexibility index (Phi) is 5.73. The van der Waals surface area contributed by atoms with Gasteiger partial charge in [-0.25, -0.2) is 9.18 Å². The minimum atomic E-state index is -0.447. The molecule has 2 aromatic carbocycles. The minimum Gasteiger partial charge on any atom is -0.495 e. The number of carbonyl (C=O) groups excluding carboxylic acids is 2. The second-order valence-electron chi connectivity index (χ2n) is 5.03. The summed E-state index contributed by atoms with van der Waals surface area (Å²) in [6.07, 6.45) is 0. The van der Waals surface area contributed by atoms with Gasteiger partial charge in [0.25, 0.3) is 0 Å². The Labute approximate surface area is 139 Å². The number of hydrogen-bond donors (Lipinski definition) is 3. The molecule has 2 rings (SSSR count). The molecule has 0 radical (unpaired) electrons. The van der Waals surface area contributed by atoms with E-state index < -0.39 is 6.03 Å². The maximum absolute atomic E-state index is 12.8. The van der Waals surface area contributed by atoms with Crippen LogP contribution in [-0.2, 0) is 11.3 Å².